The van der Waals surface area contributed by atoms with Gasteiger partial charge in [0.2, 0.25) is 0 Å². The molecule has 1 aromatic carbocycles. The van der Waals surface area contributed by atoms with E-state index in [1.165, 1.54) is 42.6 Å². The zero-order chi connectivity index (χ0) is 18.4. The number of aryl methyl sites for hydroxylation is 1. The Labute approximate surface area is 159 Å². The lowest BCUT2D eigenvalue weighted by atomic mass is 9.84. The fourth-order valence-corrected chi connectivity index (χ4v) is 4.67. The Hall–Kier alpha value is -2.59. The summed E-state index contributed by atoms with van der Waals surface area (Å²) in [4.78, 5) is 15.3. The standard InChI is InChI=1S/C23H25N3O/c1-16-4-2-3-5-21(16)18-6-7-20-12-19(14-26(20)13-18)23(27)24-22-15-25-10-8-17(22)9-11-25/h2-7,12-14,17,22H,8-11,15H2,1H3,(H,24,27). The van der Waals surface area contributed by atoms with Gasteiger partial charge in [-0.05, 0) is 67.6 Å². The average molecular weight is 359 g/mol. The van der Waals surface area contributed by atoms with Crippen LogP contribution in [0.25, 0.3) is 16.6 Å². The third-order valence-electron chi connectivity index (χ3n) is 6.28. The lowest BCUT2D eigenvalue weighted by Gasteiger charge is -2.44. The van der Waals surface area contributed by atoms with Crippen LogP contribution in [0.5, 0.6) is 0 Å². The van der Waals surface area contributed by atoms with Gasteiger partial charge in [-0.3, -0.25) is 4.79 Å². The molecule has 3 saturated heterocycles. The van der Waals surface area contributed by atoms with Crippen molar-refractivity contribution in [1.82, 2.24) is 14.6 Å². The molecule has 2 bridgehead atoms. The molecule has 4 heteroatoms. The van der Waals surface area contributed by atoms with Crippen LogP contribution in [0.3, 0.4) is 0 Å². The van der Waals surface area contributed by atoms with Crippen molar-refractivity contribution in [3.63, 3.8) is 0 Å². The molecule has 3 aliphatic heterocycles. The first kappa shape index (κ1) is 16.6. The number of piperidine rings is 3. The number of amides is 1. The Bertz CT molecular complexity index is 998. The summed E-state index contributed by atoms with van der Waals surface area (Å²) < 4.78 is 2.06. The topological polar surface area (TPSA) is 36.8 Å². The van der Waals surface area contributed by atoms with Gasteiger partial charge in [0.1, 0.15) is 0 Å². The minimum atomic E-state index is 0.0508. The van der Waals surface area contributed by atoms with Crippen molar-refractivity contribution in [2.45, 2.75) is 25.8 Å². The highest BCUT2D eigenvalue weighted by molar-refractivity contribution is 5.96. The van der Waals surface area contributed by atoms with E-state index in [4.69, 9.17) is 0 Å². The van der Waals surface area contributed by atoms with Crippen LogP contribution in [-0.4, -0.2) is 40.9 Å². The highest BCUT2D eigenvalue weighted by atomic mass is 16.1. The molecule has 1 N–H and O–H groups in total. The maximum absolute atomic E-state index is 12.8. The molecule has 27 heavy (non-hydrogen) atoms. The number of fused-ring (bicyclic) bond motifs is 4. The summed E-state index contributed by atoms with van der Waals surface area (Å²) in [5.41, 5.74) is 5.44. The van der Waals surface area contributed by atoms with Crippen molar-refractivity contribution >= 4 is 11.4 Å². The number of carbonyl (C=O) groups excluding carboxylic acids is 1. The number of benzene rings is 1. The minimum absolute atomic E-state index is 0.0508. The number of aromatic nitrogens is 1. The Morgan fingerprint density at radius 3 is 2.63 bits per heavy atom. The fraction of sp³-hybridized carbons (Fsp3) is 0.348. The van der Waals surface area contributed by atoms with E-state index in [-0.39, 0.29) is 5.91 Å². The number of hydrogen-bond donors (Lipinski definition) is 1. The van der Waals surface area contributed by atoms with Crippen LogP contribution in [0.1, 0.15) is 28.8 Å². The quantitative estimate of drug-likeness (QED) is 0.773. The fourth-order valence-electron chi connectivity index (χ4n) is 4.67. The molecule has 3 aromatic rings. The second-order valence-electron chi connectivity index (χ2n) is 8.01. The Morgan fingerprint density at radius 2 is 1.89 bits per heavy atom. The van der Waals surface area contributed by atoms with E-state index in [9.17, 15) is 4.79 Å². The van der Waals surface area contributed by atoms with Gasteiger partial charge in [0.15, 0.2) is 0 Å². The van der Waals surface area contributed by atoms with E-state index in [0.717, 1.165) is 17.6 Å². The molecule has 4 nitrogen and oxygen atoms in total. The zero-order valence-corrected chi connectivity index (χ0v) is 15.7. The van der Waals surface area contributed by atoms with Gasteiger partial charge >= 0.3 is 0 Å². The molecule has 1 unspecified atom stereocenters. The molecule has 1 amide bonds. The van der Waals surface area contributed by atoms with Crippen molar-refractivity contribution in [2.24, 2.45) is 5.92 Å². The molecule has 0 aliphatic carbocycles. The Balaban J connectivity index is 1.39. The normalized spacial score (nSPS) is 24.3. The van der Waals surface area contributed by atoms with E-state index in [0.29, 0.717) is 12.0 Å². The molecular weight excluding hydrogens is 334 g/mol. The first-order valence-electron chi connectivity index (χ1n) is 9.88. The molecule has 0 spiro atoms. The average Bonchev–Trinajstić information content (AvgIpc) is 3.13. The summed E-state index contributed by atoms with van der Waals surface area (Å²) in [6.45, 7) is 5.51. The van der Waals surface area contributed by atoms with Gasteiger partial charge < -0.3 is 14.6 Å². The van der Waals surface area contributed by atoms with Gasteiger partial charge in [-0.25, -0.2) is 0 Å². The SMILES string of the molecule is Cc1ccccc1-c1ccc2cc(C(=O)NC3CN4CCC3CC4)cn2c1. The smallest absolute Gasteiger partial charge is 0.253 e. The highest BCUT2D eigenvalue weighted by Gasteiger charge is 2.35. The van der Waals surface area contributed by atoms with E-state index in [1.807, 2.05) is 12.3 Å². The largest absolute Gasteiger partial charge is 0.348 e. The van der Waals surface area contributed by atoms with Crippen molar-refractivity contribution in [1.29, 1.82) is 0 Å². The number of nitrogens with one attached hydrogen (secondary N) is 1. The molecule has 1 atom stereocenters. The molecule has 138 valence electrons. The lowest BCUT2D eigenvalue weighted by Crippen LogP contribution is -2.57. The second-order valence-corrected chi connectivity index (χ2v) is 8.01. The van der Waals surface area contributed by atoms with Gasteiger partial charge in [-0.2, -0.15) is 0 Å². The minimum Gasteiger partial charge on any atom is -0.348 e. The number of hydrogen-bond acceptors (Lipinski definition) is 2. The number of rotatable bonds is 3. The van der Waals surface area contributed by atoms with Crippen molar-refractivity contribution in [3.8, 4) is 11.1 Å². The lowest BCUT2D eigenvalue weighted by molar-refractivity contribution is 0.0620. The Morgan fingerprint density at radius 1 is 1.07 bits per heavy atom. The van der Waals surface area contributed by atoms with Gasteiger partial charge in [0.05, 0.1) is 5.56 Å². The monoisotopic (exact) mass is 359 g/mol. The van der Waals surface area contributed by atoms with Crippen LogP contribution < -0.4 is 5.32 Å². The summed E-state index contributed by atoms with van der Waals surface area (Å²) in [5.74, 6) is 0.693. The van der Waals surface area contributed by atoms with Crippen LogP contribution >= 0.6 is 0 Å². The second kappa shape index (κ2) is 6.54. The predicted octanol–water partition coefficient (Wildman–Crippen LogP) is 3.74. The van der Waals surface area contributed by atoms with Crippen molar-refractivity contribution in [3.05, 3.63) is 66.0 Å². The van der Waals surface area contributed by atoms with E-state index >= 15 is 0 Å². The predicted molar refractivity (Wildman–Crippen MR) is 108 cm³/mol. The van der Waals surface area contributed by atoms with Crippen LogP contribution in [0.4, 0.5) is 0 Å². The maximum atomic E-state index is 12.8. The zero-order valence-electron chi connectivity index (χ0n) is 15.7. The molecule has 5 heterocycles. The highest BCUT2D eigenvalue weighted by Crippen LogP contribution is 2.28. The summed E-state index contributed by atoms with van der Waals surface area (Å²) in [6, 6.07) is 14.9. The summed E-state index contributed by atoms with van der Waals surface area (Å²) in [7, 11) is 0. The first-order chi connectivity index (χ1) is 13.2. The molecule has 3 aliphatic rings. The van der Waals surface area contributed by atoms with Crippen LogP contribution in [0.2, 0.25) is 0 Å². The van der Waals surface area contributed by atoms with E-state index < -0.39 is 0 Å². The third-order valence-corrected chi connectivity index (χ3v) is 6.28. The molecule has 6 rings (SSSR count). The van der Waals surface area contributed by atoms with Gasteiger partial charge in [-0.15, -0.1) is 0 Å². The number of nitrogens with zero attached hydrogens (tertiary/aromatic N) is 2. The first-order valence-corrected chi connectivity index (χ1v) is 9.88. The van der Waals surface area contributed by atoms with Crippen LogP contribution in [0.15, 0.2) is 54.9 Å². The molecular formula is C23H25N3O. The van der Waals surface area contributed by atoms with Crippen molar-refractivity contribution in [2.75, 3.05) is 19.6 Å². The summed E-state index contributed by atoms with van der Waals surface area (Å²) in [5, 5.41) is 3.29. The maximum Gasteiger partial charge on any atom is 0.253 e. The van der Waals surface area contributed by atoms with Gasteiger partial charge in [0, 0.05) is 30.5 Å². The van der Waals surface area contributed by atoms with Crippen LogP contribution in [-0.2, 0) is 0 Å². The molecule has 0 saturated carbocycles. The summed E-state index contributed by atoms with van der Waals surface area (Å²) >= 11 is 0. The molecule has 0 radical (unpaired) electrons. The van der Waals surface area contributed by atoms with E-state index in [2.05, 4.69) is 64.1 Å². The number of pyridine rings is 1. The number of carbonyl (C=O) groups is 1. The summed E-state index contributed by atoms with van der Waals surface area (Å²) in [6.07, 6.45) is 6.49. The van der Waals surface area contributed by atoms with Crippen LogP contribution in [0, 0.1) is 12.8 Å². The van der Waals surface area contributed by atoms with Gasteiger partial charge in [-0.1, -0.05) is 30.3 Å². The third kappa shape index (κ3) is 3.04. The van der Waals surface area contributed by atoms with Gasteiger partial charge in [0.25, 0.3) is 5.91 Å². The van der Waals surface area contributed by atoms with E-state index in [1.54, 1.807) is 0 Å². The molecule has 2 aromatic heterocycles. The Kier molecular flexibility index (Phi) is 4.01. The molecule has 3 fully saturated rings. The van der Waals surface area contributed by atoms with Crippen molar-refractivity contribution < 1.29 is 4.79 Å².